The van der Waals surface area contributed by atoms with Gasteiger partial charge in [-0.05, 0) is 168 Å². The average Bonchev–Trinajstić information content (AvgIpc) is 0.846. The summed E-state index contributed by atoms with van der Waals surface area (Å²) in [6.45, 7) is 26.7. The van der Waals surface area contributed by atoms with Gasteiger partial charge in [0.1, 0.15) is 4.90 Å². The number of nitrogens with one attached hydrogen (secondary N) is 2. The summed E-state index contributed by atoms with van der Waals surface area (Å²) >= 11 is 7.71. The number of alkyl halides is 3. The minimum absolute atomic E-state index is 0.0376. The molecule has 2 fully saturated rings. The molecule has 5 aromatic carbocycles. The second-order valence-electron chi connectivity index (χ2n) is 25.4. The molecule has 86 heavy (non-hydrogen) atoms. The zero-order valence-electron chi connectivity index (χ0n) is 51.1. The van der Waals surface area contributed by atoms with Crippen molar-refractivity contribution in [1.82, 2.24) is 14.5 Å². The molecular weight excluding hydrogens is 1220 g/mol. The number of rotatable bonds is 24. The third-order valence-corrected chi connectivity index (χ3v) is 26.2. The van der Waals surface area contributed by atoms with Gasteiger partial charge in [-0.25, -0.2) is 26.1 Å². The van der Waals surface area contributed by atoms with E-state index in [2.05, 4.69) is 66.0 Å². The second-order valence-corrected chi connectivity index (χ2v) is 36.8. The Kier molecular flexibility index (Phi) is 22.7. The number of phosphoric ester groups is 1. The summed E-state index contributed by atoms with van der Waals surface area (Å²) in [5.41, 5.74) is -3.78. The Morgan fingerprint density at radius 3 is 1.88 bits per heavy atom. The number of carbonyl (C=O) groups is 1. The van der Waals surface area contributed by atoms with Crippen LogP contribution in [0.4, 0.5) is 24.5 Å². The summed E-state index contributed by atoms with van der Waals surface area (Å²) in [4.78, 5) is 18.9. The standard InChI is InChI=1S/C62H84ClF3N5O10PS3Si/c1-59(2,3)80-82(73,81-60(4,5)6)78-42-41-70-39-37-69(38-40-70)34-33-49(44-83-51-17-13-12-14-18-51)67-55-30-29-52(43-56(55)84(74,75)62(64,65)66)85(76,77)68-58(72)47-23-27-50(28-24-47)71-35-31-46(32-36-71)57(79-86(10,11)61(7,8)9)54-20-16-15-19-53(54)45-21-25-48(63)26-22-45/h12-30,43,46,49,57,67H,31-42,44H2,1-11H3,(H,68,72)/t49-,57-/m1/s1. The number of anilines is 2. The molecule has 2 atom stereocenters. The normalized spacial score (nSPS) is 16.7. The fourth-order valence-electron chi connectivity index (χ4n) is 9.93. The highest BCUT2D eigenvalue weighted by Crippen LogP contribution is 2.55. The Labute approximate surface area is 518 Å². The minimum atomic E-state index is -6.15. The van der Waals surface area contributed by atoms with Crippen molar-refractivity contribution in [3.63, 3.8) is 0 Å². The van der Waals surface area contributed by atoms with Crippen LogP contribution in [0.1, 0.15) is 104 Å². The van der Waals surface area contributed by atoms with E-state index in [1.54, 1.807) is 53.7 Å². The third kappa shape index (κ3) is 19.1. The molecule has 472 valence electrons. The van der Waals surface area contributed by atoms with E-state index in [1.807, 2.05) is 71.5 Å². The molecule has 0 radical (unpaired) electrons. The third-order valence-electron chi connectivity index (χ3n) is 15.4. The van der Waals surface area contributed by atoms with E-state index in [1.165, 1.54) is 23.9 Å². The predicted octanol–water partition coefficient (Wildman–Crippen LogP) is 14.7. The molecule has 7 rings (SSSR count). The van der Waals surface area contributed by atoms with Gasteiger partial charge in [0.2, 0.25) is 0 Å². The van der Waals surface area contributed by atoms with Crippen LogP contribution in [0.3, 0.4) is 0 Å². The Morgan fingerprint density at radius 1 is 0.744 bits per heavy atom. The molecule has 2 saturated heterocycles. The average molecular weight is 1310 g/mol. The molecule has 0 saturated carbocycles. The van der Waals surface area contributed by atoms with Crippen LogP contribution in [0.5, 0.6) is 0 Å². The van der Waals surface area contributed by atoms with E-state index in [9.17, 15) is 39.4 Å². The Balaban J connectivity index is 1.02. The smallest absolute Gasteiger partial charge is 0.410 e. The quantitative estimate of drug-likeness (QED) is 0.0339. The molecule has 2 aliphatic rings. The lowest BCUT2D eigenvalue weighted by Crippen LogP contribution is -2.48. The molecule has 2 aliphatic heterocycles. The van der Waals surface area contributed by atoms with Crippen LogP contribution in [0, 0.1) is 5.92 Å². The first-order valence-electron chi connectivity index (χ1n) is 29.0. The number of benzene rings is 5. The number of carbonyl (C=O) groups excluding carboxylic acids is 1. The van der Waals surface area contributed by atoms with Gasteiger partial charge in [0.15, 0.2) is 8.32 Å². The maximum Gasteiger partial charge on any atom is 0.501 e. The fourth-order valence-corrected chi connectivity index (χ4v) is 16.2. The molecule has 0 spiro atoms. The molecule has 0 unspecified atom stereocenters. The van der Waals surface area contributed by atoms with Gasteiger partial charge in [-0.1, -0.05) is 87.0 Å². The predicted molar refractivity (Wildman–Crippen MR) is 341 cm³/mol. The van der Waals surface area contributed by atoms with Crippen LogP contribution in [-0.4, -0.2) is 128 Å². The molecule has 24 heteroatoms. The van der Waals surface area contributed by atoms with Crippen LogP contribution in [0.2, 0.25) is 23.2 Å². The second kappa shape index (κ2) is 28.3. The SMILES string of the molecule is CC(C)(C)OP(=O)(OCCN1CCN(CC[C@H](CSc2ccccc2)Nc2ccc(S(=O)(=O)NC(=O)c3ccc(N4CCC([C@@H](O[Si](C)(C)C(C)(C)C)c5ccccc5-c5ccc(Cl)cc5)CC4)cc3)cc2S(=O)(=O)C(F)(F)F)CC1)OC(C)(C)C. The summed E-state index contributed by atoms with van der Waals surface area (Å²) in [5, 5.41) is 3.65. The van der Waals surface area contributed by atoms with Gasteiger partial charge in [-0.2, -0.15) is 13.2 Å². The maximum absolute atomic E-state index is 14.5. The number of sulfonamides is 1. The molecule has 0 aliphatic carbocycles. The van der Waals surface area contributed by atoms with Crippen molar-refractivity contribution in [2.75, 3.05) is 74.9 Å². The number of piperazine rings is 1. The molecule has 0 aromatic heterocycles. The summed E-state index contributed by atoms with van der Waals surface area (Å²) in [6, 6.07) is 33.7. The number of phosphoric acid groups is 1. The number of sulfone groups is 1. The lowest BCUT2D eigenvalue weighted by molar-refractivity contribution is -0.0436. The first-order chi connectivity index (χ1) is 40.0. The first-order valence-corrected chi connectivity index (χ1v) is 37.7. The van der Waals surface area contributed by atoms with Gasteiger partial charge in [-0.3, -0.25) is 23.3 Å². The highest BCUT2D eigenvalue weighted by molar-refractivity contribution is 7.99. The first kappa shape index (κ1) is 69.2. The number of hydrogen-bond acceptors (Lipinski definition) is 15. The van der Waals surface area contributed by atoms with Crippen molar-refractivity contribution >= 4 is 76.6 Å². The van der Waals surface area contributed by atoms with Gasteiger partial charge in [-0.15, -0.1) is 11.8 Å². The summed E-state index contributed by atoms with van der Waals surface area (Å²) in [5.74, 6) is -0.574. The largest absolute Gasteiger partial charge is 0.501 e. The fraction of sp³-hybridized carbons (Fsp3) is 0.500. The maximum atomic E-state index is 14.5. The van der Waals surface area contributed by atoms with Gasteiger partial charge >= 0.3 is 13.3 Å². The number of amides is 1. The number of hydrogen-bond donors (Lipinski definition) is 2. The summed E-state index contributed by atoms with van der Waals surface area (Å²) in [6.07, 6.45) is 1.79. The molecule has 0 bridgehead atoms. The highest BCUT2D eigenvalue weighted by Gasteiger charge is 2.49. The van der Waals surface area contributed by atoms with Crippen molar-refractivity contribution in [2.45, 2.75) is 143 Å². The van der Waals surface area contributed by atoms with Crippen molar-refractivity contribution in [2.24, 2.45) is 5.92 Å². The van der Waals surface area contributed by atoms with Crippen LogP contribution in [0.25, 0.3) is 11.1 Å². The number of nitrogens with zero attached hydrogens (tertiary/aromatic N) is 3. The highest BCUT2D eigenvalue weighted by atomic mass is 35.5. The van der Waals surface area contributed by atoms with Crippen molar-refractivity contribution in [3.8, 4) is 11.1 Å². The van der Waals surface area contributed by atoms with E-state index >= 15 is 0 Å². The zero-order chi connectivity index (χ0) is 63.1. The van der Waals surface area contributed by atoms with E-state index in [-0.39, 0.29) is 29.2 Å². The number of thioether (sulfide) groups is 1. The van der Waals surface area contributed by atoms with Crippen LogP contribution >= 0.6 is 31.2 Å². The lowest BCUT2D eigenvalue weighted by atomic mass is 9.84. The van der Waals surface area contributed by atoms with Gasteiger partial charge in [0.05, 0.1) is 34.5 Å². The van der Waals surface area contributed by atoms with Gasteiger partial charge < -0.3 is 19.5 Å². The van der Waals surface area contributed by atoms with E-state index in [0.29, 0.717) is 75.6 Å². The molecule has 15 nitrogen and oxygen atoms in total. The zero-order valence-corrected chi connectivity index (χ0v) is 56.2. The van der Waals surface area contributed by atoms with Gasteiger partial charge in [0.25, 0.3) is 25.8 Å². The Hall–Kier alpha value is -4.29. The van der Waals surface area contributed by atoms with Crippen LogP contribution < -0.4 is 14.9 Å². The molecule has 5 aromatic rings. The molecule has 1 amide bonds. The summed E-state index contributed by atoms with van der Waals surface area (Å²) < 4.78 is 138. The molecule has 2 heterocycles. The molecular formula is C62H84ClF3N5O10PS3Si. The van der Waals surface area contributed by atoms with Crippen LogP contribution in [0.15, 0.2) is 136 Å². The molecule has 2 N–H and O–H groups in total. The van der Waals surface area contributed by atoms with Crippen molar-refractivity contribution in [1.29, 1.82) is 0 Å². The Morgan fingerprint density at radius 2 is 1.31 bits per heavy atom. The minimum Gasteiger partial charge on any atom is -0.410 e. The lowest BCUT2D eigenvalue weighted by Gasteiger charge is -2.44. The van der Waals surface area contributed by atoms with Gasteiger partial charge in [0, 0.05) is 85.3 Å². The monoisotopic (exact) mass is 1310 g/mol. The van der Waals surface area contributed by atoms with E-state index < -0.39 is 80.1 Å². The van der Waals surface area contributed by atoms with Crippen LogP contribution in [-0.2, 0) is 42.4 Å². The number of halogens is 4. The topological polar surface area (TPSA) is 173 Å². The summed E-state index contributed by atoms with van der Waals surface area (Å²) in [7, 11) is -17.3. The Bertz CT molecular complexity index is 3330. The van der Waals surface area contributed by atoms with Crippen molar-refractivity contribution < 1.29 is 57.4 Å². The number of piperidine rings is 1. The van der Waals surface area contributed by atoms with E-state index in [4.69, 9.17) is 29.6 Å². The van der Waals surface area contributed by atoms with Crippen molar-refractivity contribution in [3.05, 3.63) is 137 Å². The van der Waals surface area contributed by atoms with E-state index in [0.717, 1.165) is 52.2 Å².